The van der Waals surface area contributed by atoms with Crippen molar-refractivity contribution in [3.05, 3.63) is 99.8 Å². The summed E-state index contributed by atoms with van der Waals surface area (Å²) in [5, 5.41) is 0.884. The first-order chi connectivity index (χ1) is 11.7. The molecule has 2 nitrogen and oxygen atoms in total. The summed E-state index contributed by atoms with van der Waals surface area (Å²) in [5.74, 6) is 0. The standard InChI is InChI=1S/C20H18Cl2N2/c21-19-12-11-18(20(22)23-19)15-24(13-16-7-3-1-4-8-16)14-17-9-5-2-6-10-17/h1-12H,13-15H2. The molecule has 0 amide bonds. The monoisotopic (exact) mass is 356 g/mol. The smallest absolute Gasteiger partial charge is 0.135 e. The van der Waals surface area contributed by atoms with E-state index in [-0.39, 0.29) is 0 Å². The first-order valence-corrected chi connectivity index (χ1v) is 8.57. The lowest BCUT2D eigenvalue weighted by atomic mass is 10.1. The minimum atomic E-state index is 0.418. The molecule has 0 N–H and O–H groups in total. The number of hydrogen-bond acceptors (Lipinski definition) is 2. The predicted molar refractivity (Wildman–Crippen MR) is 100 cm³/mol. The molecule has 1 heterocycles. The van der Waals surface area contributed by atoms with E-state index in [1.54, 1.807) is 6.07 Å². The summed E-state index contributed by atoms with van der Waals surface area (Å²) in [4.78, 5) is 6.49. The molecule has 0 saturated carbocycles. The van der Waals surface area contributed by atoms with Crippen molar-refractivity contribution in [3.8, 4) is 0 Å². The van der Waals surface area contributed by atoms with E-state index in [1.807, 2.05) is 18.2 Å². The highest BCUT2D eigenvalue weighted by molar-refractivity contribution is 6.32. The molecule has 0 aliphatic heterocycles. The van der Waals surface area contributed by atoms with E-state index in [0.29, 0.717) is 16.9 Å². The van der Waals surface area contributed by atoms with Gasteiger partial charge in [-0.3, -0.25) is 4.90 Å². The summed E-state index contributed by atoms with van der Waals surface area (Å²) in [6, 6.07) is 24.6. The Bertz CT molecular complexity index is 735. The molecule has 4 heteroatoms. The maximum Gasteiger partial charge on any atom is 0.135 e. The molecule has 0 aliphatic rings. The van der Waals surface area contributed by atoms with Gasteiger partial charge in [0.1, 0.15) is 10.3 Å². The molecule has 0 aliphatic carbocycles. The highest BCUT2D eigenvalue weighted by atomic mass is 35.5. The van der Waals surface area contributed by atoms with Gasteiger partial charge in [-0.1, -0.05) is 89.9 Å². The summed E-state index contributed by atoms with van der Waals surface area (Å²) in [7, 11) is 0. The van der Waals surface area contributed by atoms with Crippen LogP contribution in [0, 0.1) is 0 Å². The first kappa shape index (κ1) is 17.0. The number of hydrogen-bond donors (Lipinski definition) is 0. The summed E-state index contributed by atoms with van der Waals surface area (Å²) >= 11 is 12.2. The van der Waals surface area contributed by atoms with Crippen LogP contribution in [0.15, 0.2) is 72.8 Å². The molecule has 24 heavy (non-hydrogen) atoms. The van der Waals surface area contributed by atoms with Crippen molar-refractivity contribution in [2.24, 2.45) is 0 Å². The van der Waals surface area contributed by atoms with E-state index < -0.39 is 0 Å². The third-order valence-corrected chi connectivity index (χ3v) is 4.32. The minimum absolute atomic E-state index is 0.418. The molecule has 3 rings (SSSR count). The third-order valence-electron chi connectivity index (χ3n) is 3.78. The summed E-state index contributed by atoms with van der Waals surface area (Å²) in [5.41, 5.74) is 3.52. The molecule has 0 unspecified atom stereocenters. The number of pyridine rings is 1. The summed E-state index contributed by atoms with van der Waals surface area (Å²) in [6.07, 6.45) is 0. The molecule has 0 bridgehead atoms. The van der Waals surface area contributed by atoms with Crippen LogP contribution in [0.1, 0.15) is 16.7 Å². The molecule has 0 saturated heterocycles. The fourth-order valence-electron chi connectivity index (χ4n) is 2.65. The van der Waals surface area contributed by atoms with Crippen LogP contribution in [-0.2, 0) is 19.6 Å². The van der Waals surface area contributed by atoms with Crippen molar-refractivity contribution in [3.63, 3.8) is 0 Å². The topological polar surface area (TPSA) is 16.1 Å². The number of nitrogens with zero attached hydrogens (tertiary/aromatic N) is 2. The van der Waals surface area contributed by atoms with Crippen molar-refractivity contribution >= 4 is 23.2 Å². The molecule has 0 atom stereocenters. The maximum absolute atomic E-state index is 6.26. The van der Waals surface area contributed by atoms with Crippen molar-refractivity contribution < 1.29 is 0 Å². The minimum Gasteiger partial charge on any atom is -0.290 e. The van der Waals surface area contributed by atoms with Crippen LogP contribution in [0.5, 0.6) is 0 Å². The quantitative estimate of drug-likeness (QED) is 0.535. The number of aromatic nitrogens is 1. The van der Waals surface area contributed by atoms with Gasteiger partial charge in [0.25, 0.3) is 0 Å². The van der Waals surface area contributed by atoms with Gasteiger partial charge >= 0.3 is 0 Å². The zero-order chi connectivity index (χ0) is 16.8. The van der Waals surface area contributed by atoms with E-state index in [1.165, 1.54) is 11.1 Å². The van der Waals surface area contributed by atoms with Crippen molar-refractivity contribution in [2.45, 2.75) is 19.6 Å². The Labute approximate surface area is 152 Å². The van der Waals surface area contributed by atoms with Gasteiger partial charge in [0, 0.05) is 25.2 Å². The van der Waals surface area contributed by atoms with Gasteiger partial charge in [0.05, 0.1) is 0 Å². The van der Waals surface area contributed by atoms with Crippen LogP contribution in [0.25, 0.3) is 0 Å². The molecule has 122 valence electrons. The second-order valence-corrected chi connectivity index (χ2v) is 6.45. The average Bonchev–Trinajstić information content (AvgIpc) is 2.59. The van der Waals surface area contributed by atoms with Crippen LogP contribution in [0.2, 0.25) is 10.3 Å². The van der Waals surface area contributed by atoms with Gasteiger partial charge in [0.15, 0.2) is 0 Å². The van der Waals surface area contributed by atoms with Gasteiger partial charge in [-0.2, -0.15) is 0 Å². The molecular formula is C20H18Cl2N2. The van der Waals surface area contributed by atoms with Gasteiger partial charge < -0.3 is 0 Å². The summed E-state index contributed by atoms with van der Waals surface area (Å²) in [6.45, 7) is 2.40. The fourth-order valence-corrected chi connectivity index (χ4v) is 3.06. The number of halogens is 2. The highest BCUT2D eigenvalue weighted by Crippen LogP contribution is 2.20. The van der Waals surface area contributed by atoms with Crippen molar-refractivity contribution in [1.82, 2.24) is 9.88 Å². The SMILES string of the molecule is Clc1ccc(CN(Cc2ccccc2)Cc2ccccc2)c(Cl)n1. The Kier molecular flexibility index (Phi) is 5.86. The van der Waals surface area contributed by atoms with E-state index in [2.05, 4.69) is 58.4 Å². The number of benzene rings is 2. The second-order valence-electron chi connectivity index (χ2n) is 5.70. The Morgan fingerprint density at radius 3 is 1.71 bits per heavy atom. The zero-order valence-corrected chi connectivity index (χ0v) is 14.7. The van der Waals surface area contributed by atoms with Crippen LogP contribution in [0.3, 0.4) is 0 Å². The maximum atomic E-state index is 6.26. The predicted octanol–water partition coefficient (Wildman–Crippen LogP) is 5.59. The third kappa shape index (κ3) is 4.81. The van der Waals surface area contributed by atoms with Crippen LogP contribution < -0.4 is 0 Å². The Morgan fingerprint density at radius 2 is 1.21 bits per heavy atom. The van der Waals surface area contributed by atoms with E-state index >= 15 is 0 Å². The largest absolute Gasteiger partial charge is 0.290 e. The molecule has 0 spiro atoms. The zero-order valence-electron chi connectivity index (χ0n) is 13.2. The Morgan fingerprint density at radius 1 is 0.667 bits per heavy atom. The van der Waals surface area contributed by atoms with E-state index in [0.717, 1.165) is 18.7 Å². The Hall–Kier alpha value is -1.87. The van der Waals surface area contributed by atoms with Gasteiger partial charge in [0.2, 0.25) is 0 Å². The molecule has 2 aromatic carbocycles. The second kappa shape index (κ2) is 8.29. The van der Waals surface area contributed by atoms with Gasteiger partial charge in [-0.25, -0.2) is 4.98 Å². The molecule has 0 radical (unpaired) electrons. The molecular weight excluding hydrogens is 339 g/mol. The number of rotatable bonds is 6. The van der Waals surface area contributed by atoms with Crippen molar-refractivity contribution in [2.75, 3.05) is 0 Å². The van der Waals surface area contributed by atoms with E-state index in [4.69, 9.17) is 23.2 Å². The lowest BCUT2D eigenvalue weighted by molar-refractivity contribution is 0.247. The van der Waals surface area contributed by atoms with E-state index in [9.17, 15) is 0 Å². The van der Waals surface area contributed by atoms with Crippen molar-refractivity contribution in [1.29, 1.82) is 0 Å². The highest BCUT2D eigenvalue weighted by Gasteiger charge is 2.11. The lowest BCUT2D eigenvalue weighted by Crippen LogP contribution is -2.22. The fraction of sp³-hybridized carbons (Fsp3) is 0.150. The first-order valence-electron chi connectivity index (χ1n) is 7.82. The Balaban J connectivity index is 1.80. The molecule has 0 fully saturated rings. The summed E-state index contributed by atoms with van der Waals surface area (Å²) < 4.78 is 0. The normalized spacial score (nSPS) is 11.0. The molecule has 3 aromatic rings. The van der Waals surface area contributed by atoms with Crippen LogP contribution >= 0.6 is 23.2 Å². The van der Waals surface area contributed by atoms with Gasteiger partial charge in [-0.15, -0.1) is 0 Å². The average molecular weight is 357 g/mol. The van der Waals surface area contributed by atoms with Crippen LogP contribution in [0.4, 0.5) is 0 Å². The molecule has 1 aromatic heterocycles. The van der Waals surface area contributed by atoms with Crippen LogP contribution in [-0.4, -0.2) is 9.88 Å². The van der Waals surface area contributed by atoms with Gasteiger partial charge in [-0.05, 0) is 17.2 Å². The lowest BCUT2D eigenvalue weighted by Gasteiger charge is -2.23.